The van der Waals surface area contributed by atoms with Gasteiger partial charge in [-0.1, -0.05) is 6.92 Å². The molecule has 0 aromatic heterocycles. The van der Waals surface area contributed by atoms with Crippen LogP contribution in [-0.4, -0.2) is 36.1 Å². The summed E-state index contributed by atoms with van der Waals surface area (Å²) < 4.78 is 5.83. The van der Waals surface area contributed by atoms with Gasteiger partial charge in [0.25, 0.3) is 5.91 Å². The second kappa shape index (κ2) is 3.05. The number of carbonyl (C=O) groups excluding carboxylic acids is 2. The van der Waals surface area contributed by atoms with Crippen molar-refractivity contribution in [3.63, 3.8) is 0 Å². The minimum atomic E-state index is -0.583. The average Bonchev–Trinajstić information content (AvgIpc) is 2.61. The Morgan fingerprint density at radius 1 is 1.38 bits per heavy atom. The average molecular weight is 224 g/mol. The van der Waals surface area contributed by atoms with Gasteiger partial charge in [-0.05, 0) is 25.8 Å². The Labute approximate surface area is 93.9 Å². The molecule has 3 unspecified atom stereocenters. The fourth-order valence-corrected chi connectivity index (χ4v) is 3.38. The Bertz CT molecular complexity index is 370. The summed E-state index contributed by atoms with van der Waals surface area (Å²) in [5, 5.41) is 5.69. The summed E-state index contributed by atoms with van der Waals surface area (Å²) >= 11 is 0. The predicted molar refractivity (Wildman–Crippen MR) is 55.5 cm³/mol. The summed E-state index contributed by atoms with van der Waals surface area (Å²) in [7, 11) is 0. The van der Waals surface area contributed by atoms with Crippen molar-refractivity contribution in [3.8, 4) is 0 Å². The molecule has 3 heterocycles. The predicted octanol–water partition coefficient (Wildman–Crippen LogP) is -0.585. The number of hydrogen-bond acceptors (Lipinski definition) is 4. The first-order chi connectivity index (χ1) is 7.51. The SMILES string of the molecule is C[C@H]1CN[C@H]2C3C(=O)NC(=O)C3OC2(C)C1. The van der Waals surface area contributed by atoms with Gasteiger partial charge in [0.1, 0.15) is 0 Å². The molecule has 5 nitrogen and oxygen atoms in total. The molecule has 88 valence electrons. The van der Waals surface area contributed by atoms with Crippen LogP contribution < -0.4 is 10.6 Å². The van der Waals surface area contributed by atoms with E-state index in [0.29, 0.717) is 5.92 Å². The minimum absolute atomic E-state index is 0.0276. The molecule has 3 saturated heterocycles. The van der Waals surface area contributed by atoms with E-state index in [0.717, 1.165) is 13.0 Å². The lowest BCUT2D eigenvalue weighted by Gasteiger charge is -2.40. The lowest BCUT2D eigenvalue weighted by molar-refractivity contribution is -0.137. The second-order valence-electron chi connectivity index (χ2n) is 5.43. The van der Waals surface area contributed by atoms with Crippen molar-refractivity contribution in [2.45, 2.75) is 38.0 Å². The molecule has 5 atom stereocenters. The van der Waals surface area contributed by atoms with Crippen molar-refractivity contribution in [1.82, 2.24) is 10.6 Å². The number of imide groups is 1. The van der Waals surface area contributed by atoms with Gasteiger partial charge in [-0.25, -0.2) is 0 Å². The fourth-order valence-electron chi connectivity index (χ4n) is 3.38. The Morgan fingerprint density at radius 3 is 2.88 bits per heavy atom. The zero-order chi connectivity index (χ0) is 11.5. The van der Waals surface area contributed by atoms with Gasteiger partial charge in [0.15, 0.2) is 6.10 Å². The molecule has 0 saturated carbocycles. The summed E-state index contributed by atoms with van der Waals surface area (Å²) in [6.07, 6.45) is 0.318. The van der Waals surface area contributed by atoms with Gasteiger partial charge >= 0.3 is 0 Å². The third-order valence-corrected chi connectivity index (χ3v) is 3.99. The van der Waals surface area contributed by atoms with Crippen LogP contribution in [0.5, 0.6) is 0 Å². The molecule has 5 heteroatoms. The monoisotopic (exact) mass is 224 g/mol. The number of hydrogen-bond donors (Lipinski definition) is 2. The van der Waals surface area contributed by atoms with E-state index in [9.17, 15) is 9.59 Å². The molecule has 2 amide bonds. The van der Waals surface area contributed by atoms with Crippen LogP contribution in [0.15, 0.2) is 0 Å². The maximum absolute atomic E-state index is 11.7. The van der Waals surface area contributed by atoms with Crippen molar-refractivity contribution in [2.75, 3.05) is 6.54 Å². The first-order valence-electron chi connectivity index (χ1n) is 5.77. The van der Waals surface area contributed by atoms with Crippen LogP contribution in [0.4, 0.5) is 0 Å². The highest BCUT2D eigenvalue weighted by Crippen LogP contribution is 2.43. The largest absolute Gasteiger partial charge is 0.360 e. The molecule has 0 spiro atoms. The first kappa shape index (κ1) is 10.2. The summed E-state index contributed by atoms with van der Waals surface area (Å²) in [4.78, 5) is 23.2. The quantitative estimate of drug-likeness (QED) is 0.540. The number of amides is 2. The molecule has 0 bridgehead atoms. The highest BCUT2D eigenvalue weighted by molar-refractivity contribution is 6.07. The van der Waals surface area contributed by atoms with Gasteiger partial charge in [-0.2, -0.15) is 0 Å². The van der Waals surface area contributed by atoms with Gasteiger partial charge < -0.3 is 10.1 Å². The maximum atomic E-state index is 11.7. The minimum Gasteiger partial charge on any atom is -0.360 e. The first-order valence-corrected chi connectivity index (χ1v) is 5.77. The molecule has 0 radical (unpaired) electrons. The highest BCUT2D eigenvalue weighted by Gasteiger charge is 2.62. The molecule has 0 aromatic rings. The van der Waals surface area contributed by atoms with Gasteiger partial charge in [0.05, 0.1) is 17.6 Å². The molecule has 3 rings (SSSR count). The summed E-state index contributed by atoms with van der Waals surface area (Å²) in [6.45, 7) is 5.03. The van der Waals surface area contributed by atoms with Crippen molar-refractivity contribution < 1.29 is 14.3 Å². The highest BCUT2D eigenvalue weighted by atomic mass is 16.5. The third kappa shape index (κ3) is 1.18. The zero-order valence-electron chi connectivity index (χ0n) is 9.45. The molecule has 0 aromatic carbocycles. The number of fused-ring (bicyclic) bond motifs is 3. The number of nitrogens with one attached hydrogen (secondary N) is 2. The molecule has 3 aliphatic heterocycles. The summed E-state index contributed by atoms with van der Waals surface area (Å²) in [5.74, 6) is -0.297. The number of rotatable bonds is 0. The second-order valence-corrected chi connectivity index (χ2v) is 5.43. The Hall–Kier alpha value is -0.940. The maximum Gasteiger partial charge on any atom is 0.256 e. The van der Waals surface area contributed by atoms with Crippen molar-refractivity contribution in [1.29, 1.82) is 0 Å². The zero-order valence-corrected chi connectivity index (χ0v) is 9.45. The van der Waals surface area contributed by atoms with E-state index in [-0.39, 0.29) is 29.4 Å². The van der Waals surface area contributed by atoms with E-state index < -0.39 is 6.10 Å². The van der Waals surface area contributed by atoms with E-state index in [1.165, 1.54) is 0 Å². The van der Waals surface area contributed by atoms with Crippen LogP contribution in [0, 0.1) is 11.8 Å². The molecule has 16 heavy (non-hydrogen) atoms. The Balaban J connectivity index is 1.94. The molecule has 3 fully saturated rings. The normalized spacial score (nSPS) is 51.1. The summed E-state index contributed by atoms with van der Waals surface area (Å²) in [6, 6.07) is -0.0276. The Kier molecular flexibility index (Phi) is 1.95. The van der Waals surface area contributed by atoms with Crippen molar-refractivity contribution >= 4 is 11.8 Å². The molecular weight excluding hydrogens is 208 g/mol. The van der Waals surface area contributed by atoms with E-state index in [1.807, 2.05) is 6.92 Å². The fraction of sp³-hybridized carbons (Fsp3) is 0.818. The Morgan fingerprint density at radius 2 is 2.12 bits per heavy atom. The number of piperidine rings is 1. The van der Waals surface area contributed by atoms with Gasteiger partial charge in [-0.15, -0.1) is 0 Å². The molecular formula is C11H16N2O3. The molecule has 2 N–H and O–H groups in total. The lowest BCUT2D eigenvalue weighted by atomic mass is 9.78. The van der Waals surface area contributed by atoms with Crippen LogP contribution in [-0.2, 0) is 14.3 Å². The number of ether oxygens (including phenoxy) is 1. The lowest BCUT2D eigenvalue weighted by Crippen LogP contribution is -2.57. The molecule has 3 aliphatic rings. The van der Waals surface area contributed by atoms with Crippen LogP contribution in [0.1, 0.15) is 20.3 Å². The standard InChI is InChI=1S/C11H16N2O3/c1-5-3-11(2)8(12-4-5)6-7(16-11)10(15)13-9(6)14/h5-8,12H,3-4H2,1-2H3,(H,13,14,15)/t5-,6?,7?,8+,11?/m1/s1. The van der Waals surface area contributed by atoms with Crippen molar-refractivity contribution in [3.05, 3.63) is 0 Å². The van der Waals surface area contributed by atoms with E-state index in [2.05, 4.69) is 17.6 Å². The summed E-state index contributed by atoms with van der Waals surface area (Å²) in [5.41, 5.74) is -0.375. The topological polar surface area (TPSA) is 67.4 Å². The van der Waals surface area contributed by atoms with Crippen LogP contribution in [0.25, 0.3) is 0 Å². The van der Waals surface area contributed by atoms with Gasteiger partial charge in [0, 0.05) is 0 Å². The van der Waals surface area contributed by atoms with E-state index >= 15 is 0 Å². The molecule has 0 aliphatic carbocycles. The smallest absolute Gasteiger partial charge is 0.256 e. The van der Waals surface area contributed by atoms with E-state index in [4.69, 9.17) is 4.74 Å². The third-order valence-electron chi connectivity index (χ3n) is 3.99. The van der Waals surface area contributed by atoms with Crippen LogP contribution >= 0.6 is 0 Å². The van der Waals surface area contributed by atoms with Gasteiger partial charge in [0.2, 0.25) is 5.91 Å². The van der Waals surface area contributed by atoms with Crippen molar-refractivity contribution in [2.24, 2.45) is 11.8 Å². The number of carbonyl (C=O) groups is 2. The van der Waals surface area contributed by atoms with Crippen LogP contribution in [0.3, 0.4) is 0 Å². The van der Waals surface area contributed by atoms with Gasteiger partial charge in [-0.3, -0.25) is 14.9 Å². The van der Waals surface area contributed by atoms with Crippen LogP contribution in [0.2, 0.25) is 0 Å². The van der Waals surface area contributed by atoms with E-state index in [1.54, 1.807) is 0 Å².